The van der Waals surface area contributed by atoms with Crippen LogP contribution in [-0.4, -0.2) is 22.7 Å². The van der Waals surface area contributed by atoms with E-state index in [1.807, 2.05) is 60.7 Å². The highest BCUT2D eigenvalue weighted by atomic mass is 32.2. The van der Waals surface area contributed by atoms with Crippen LogP contribution >= 0.6 is 0 Å². The van der Waals surface area contributed by atoms with E-state index in [1.165, 1.54) is 0 Å². The molecule has 3 aromatic carbocycles. The number of fused-ring (bicyclic) bond motifs is 1. The Hall–Kier alpha value is -2.76. The van der Waals surface area contributed by atoms with Crippen molar-refractivity contribution in [3.63, 3.8) is 0 Å². The second kappa shape index (κ2) is 6.40. The molecule has 2 aliphatic rings. The minimum atomic E-state index is -1.42. The van der Waals surface area contributed by atoms with E-state index in [2.05, 4.69) is 0 Å². The summed E-state index contributed by atoms with van der Waals surface area (Å²) in [5.41, 5.74) is 0.928. The number of hydrogen-bond acceptors (Lipinski definition) is 4. The number of methoxy groups -OCH3 is 1. The zero-order valence-corrected chi connectivity index (χ0v) is 16.0. The predicted molar refractivity (Wildman–Crippen MR) is 106 cm³/mol. The molecule has 2 aliphatic heterocycles. The minimum Gasteiger partial charge on any atom is -0.496 e. The van der Waals surface area contributed by atoms with E-state index in [9.17, 15) is 9.00 Å². The Bertz CT molecular complexity index is 1090. The van der Waals surface area contributed by atoms with Crippen molar-refractivity contribution < 1.29 is 18.5 Å². The number of carbonyl (C=O) groups excluding carboxylic acids is 1. The zero-order valence-electron chi connectivity index (χ0n) is 15.2. The minimum absolute atomic E-state index is 0.118. The molecule has 3 aromatic rings. The molecule has 2 heterocycles. The first-order valence-corrected chi connectivity index (χ1v) is 10.3. The SMILES string of the molecule is COc1ccccc1[C@@H]1O[C@@]12C(=O)c1ccccc1S(=O)[C@@H]2c1ccccc1. The highest BCUT2D eigenvalue weighted by Gasteiger charge is 2.72. The van der Waals surface area contributed by atoms with Gasteiger partial charge in [-0.2, -0.15) is 0 Å². The summed E-state index contributed by atoms with van der Waals surface area (Å²) in [6.45, 7) is 0. The zero-order chi connectivity index (χ0) is 19.3. The van der Waals surface area contributed by atoms with E-state index in [0.717, 1.165) is 11.1 Å². The fourth-order valence-corrected chi connectivity index (χ4v) is 6.01. The van der Waals surface area contributed by atoms with Gasteiger partial charge in [0, 0.05) is 11.1 Å². The van der Waals surface area contributed by atoms with Gasteiger partial charge in [0.2, 0.25) is 5.78 Å². The number of Topliss-reactive ketones (excluding diaryl/α,β-unsaturated/α-hetero) is 1. The lowest BCUT2D eigenvalue weighted by Gasteiger charge is -2.30. The topological polar surface area (TPSA) is 55.9 Å². The van der Waals surface area contributed by atoms with Gasteiger partial charge < -0.3 is 9.47 Å². The molecule has 0 saturated carbocycles. The van der Waals surface area contributed by atoms with Crippen molar-refractivity contribution in [3.8, 4) is 5.75 Å². The van der Waals surface area contributed by atoms with E-state index in [4.69, 9.17) is 9.47 Å². The molecule has 1 spiro atoms. The maximum atomic E-state index is 13.6. The Morgan fingerprint density at radius 1 is 0.929 bits per heavy atom. The van der Waals surface area contributed by atoms with Crippen LogP contribution in [-0.2, 0) is 15.5 Å². The molecule has 5 rings (SSSR count). The van der Waals surface area contributed by atoms with Gasteiger partial charge in [0.05, 0.1) is 22.8 Å². The van der Waals surface area contributed by atoms with Gasteiger partial charge in [-0.1, -0.05) is 66.7 Å². The fraction of sp³-hybridized carbons (Fsp3) is 0.174. The summed E-state index contributed by atoms with van der Waals surface area (Å²) in [6, 6.07) is 24.1. The molecule has 1 unspecified atom stereocenters. The molecule has 0 aliphatic carbocycles. The third kappa shape index (κ3) is 2.33. The van der Waals surface area contributed by atoms with Gasteiger partial charge in [-0.3, -0.25) is 9.00 Å². The molecule has 140 valence electrons. The van der Waals surface area contributed by atoms with Gasteiger partial charge in [-0.15, -0.1) is 0 Å². The van der Waals surface area contributed by atoms with Crippen molar-refractivity contribution in [2.75, 3.05) is 7.11 Å². The number of ether oxygens (including phenoxy) is 2. The van der Waals surface area contributed by atoms with E-state index in [0.29, 0.717) is 16.2 Å². The summed E-state index contributed by atoms with van der Waals surface area (Å²) >= 11 is 0. The standard InChI is InChI=1S/C23H18O4S/c1-26-18-13-7-5-11-16(18)21-23(27-21)20(24)17-12-6-8-14-19(17)28(25)22(23)15-9-3-2-4-10-15/h2-14,21-22H,1H3/t21-,22+,23-,28?/m0/s1. The fourth-order valence-electron chi connectivity index (χ4n) is 4.15. The number of rotatable bonds is 3. The molecule has 1 fully saturated rings. The summed E-state index contributed by atoms with van der Waals surface area (Å²) < 4.78 is 25.2. The Balaban J connectivity index is 1.71. The normalized spacial score (nSPS) is 28.0. The lowest BCUT2D eigenvalue weighted by atomic mass is 9.84. The molecule has 4 atom stereocenters. The number of benzene rings is 3. The summed E-state index contributed by atoms with van der Waals surface area (Å²) in [6.07, 6.45) is -0.501. The van der Waals surface area contributed by atoms with Gasteiger partial charge in [0.25, 0.3) is 0 Å². The summed E-state index contributed by atoms with van der Waals surface area (Å²) in [5.74, 6) is 0.543. The maximum Gasteiger partial charge on any atom is 0.200 e. The smallest absolute Gasteiger partial charge is 0.200 e. The van der Waals surface area contributed by atoms with E-state index < -0.39 is 27.8 Å². The van der Waals surface area contributed by atoms with Crippen molar-refractivity contribution in [2.24, 2.45) is 0 Å². The Kier molecular flexibility index (Phi) is 3.96. The van der Waals surface area contributed by atoms with Gasteiger partial charge in [0.1, 0.15) is 17.1 Å². The number of ketones is 1. The monoisotopic (exact) mass is 390 g/mol. The summed E-state index contributed by atoms with van der Waals surface area (Å²) in [4.78, 5) is 14.2. The molecule has 5 heteroatoms. The largest absolute Gasteiger partial charge is 0.496 e. The number of para-hydroxylation sites is 1. The molecule has 0 amide bonds. The average Bonchev–Trinajstić information content (AvgIpc) is 3.49. The van der Waals surface area contributed by atoms with Crippen LogP contribution in [0.15, 0.2) is 83.8 Å². The molecule has 0 radical (unpaired) electrons. The van der Waals surface area contributed by atoms with E-state index >= 15 is 0 Å². The average molecular weight is 390 g/mol. The van der Waals surface area contributed by atoms with Crippen LogP contribution in [0.2, 0.25) is 0 Å². The first kappa shape index (κ1) is 17.3. The molecule has 4 nitrogen and oxygen atoms in total. The Labute approximate surface area is 165 Å². The molecular formula is C23H18O4S. The molecule has 28 heavy (non-hydrogen) atoms. The number of epoxide rings is 1. The molecule has 0 aromatic heterocycles. The highest BCUT2D eigenvalue weighted by Crippen LogP contribution is 2.64. The number of carbonyl (C=O) groups is 1. The molecule has 0 N–H and O–H groups in total. The summed E-state index contributed by atoms with van der Waals surface area (Å²) in [5, 5.41) is -0.578. The first-order valence-electron chi connectivity index (χ1n) is 9.08. The van der Waals surface area contributed by atoms with Crippen molar-refractivity contribution in [3.05, 3.63) is 95.6 Å². The van der Waals surface area contributed by atoms with Crippen LogP contribution < -0.4 is 4.74 Å². The van der Waals surface area contributed by atoms with Crippen LogP contribution in [0.4, 0.5) is 0 Å². The molecule has 0 bridgehead atoms. The maximum absolute atomic E-state index is 13.6. The van der Waals surface area contributed by atoms with Crippen molar-refractivity contribution in [1.82, 2.24) is 0 Å². The highest BCUT2D eigenvalue weighted by molar-refractivity contribution is 7.85. The third-order valence-electron chi connectivity index (χ3n) is 5.48. The Morgan fingerprint density at radius 3 is 2.39 bits per heavy atom. The van der Waals surface area contributed by atoms with E-state index in [-0.39, 0.29) is 5.78 Å². The Morgan fingerprint density at radius 2 is 1.61 bits per heavy atom. The van der Waals surface area contributed by atoms with Crippen LogP contribution in [0.1, 0.15) is 32.8 Å². The van der Waals surface area contributed by atoms with E-state index in [1.54, 1.807) is 25.3 Å². The lowest BCUT2D eigenvalue weighted by Crippen LogP contribution is -2.40. The lowest BCUT2D eigenvalue weighted by molar-refractivity contribution is 0.0859. The molecular weight excluding hydrogens is 372 g/mol. The van der Waals surface area contributed by atoms with Crippen molar-refractivity contribution >= 4 is 16.6 Å². The van der Waals surface area contributed by atoms with Crippen LogP contribution in [0.3, 0.4) is 0 Å². The van der Waals surface area contributed by atoms with Crippen LogP contribution in [0, 0.1) is 0 Å². The number of hydrogen-bond donors (Lipinski definition) is 0. The van der Waals surface area contributed by atoms with Crippen molar-refractivity contribution in [2.45, 2.75) is 21.9 Å². The second-order valence-electron chi connectivity index (χ2n) is 6.95. The first-order chi connectivity index (χ1) is 13.7. The van der Waals surface area contributed by atoms with Gasteiger partial charge >= 0.3 is 0 Å². The van der Waals surface area contributed by atoms with Crippen LogP contribution in [0.25, 0.3) is 0 Å². The van der Waals surface area contributed by atoms with Crippen molar-refractivity contribution in [1.29, 1.82) is 0 Å². The predicted octanol–water partition coefficient (Wildman–Crippen LogP) is 4.25. The van der Waals surface area contributed by atoms with Gasteiger partial charge in [0.15, 0.2) is 5.60 Å². The third-order valence-corrected chi connectivity index (χ3v) is 7.32. The van der Waals surface area contributed by atoms with Gasteiger partial charge in [-0.05, 0) is 17.7 Å². The summed E-state index contributed by atoms with van der Waals surface area (Å²) in [7, 11) is 0.175. The van der Waals surface area contributed by atoms with Gasteiger partial charge in [-0.25, -0.2) is 0 Å². The second-order valence-corrected chi connectivity index (χ2v) is 8.45. The quantitative estimate of drug-likeness (QED) is 0.628. The van der Waals surface area contributed by atoms with Crippen LogP contribution in [0.5, 0.6) is 5.75 Å². The molecule has 1 saturated heterocycles.